The van der Waals surface area contributed by atoms with E-state index in [9.17, 15) is 4.79 Å². The number of unbranched alkanes of at least 4 members (excludes halogenated alkanes) is 5. The summed E-state index contributed by atoms with van der Waals surface area (Å²) in [5, 5.41) is 0. The van der Waals surface area contributed by atoms with E-state index in [1.807, 2.05) is 6.92 Å². The summed E-state index contributed by atoms with van der Waals surface area (Å²) in [6, 6.07) is 0. The van der Waals surface area contributed by atoms with Crippen LogP contribution in [0.2, 0.25) is 0 Å². The molecule has 0 atom stereocenters. The summed E-state index contributed by atoms with van der Waals surface area (Å²) in [4.78, 5) is 11.6. The molecule has 0 unspecified atom stereocenters. The maximum atomic E-state index is 11.6. The molecule has 0 heterocycles. The zero-order valence-corrected chi connectivity index (χ0v) is 27.2. The molecule has 0 amide bonds. The molecule has 0 rings (SSSR count). The van der Waals surface area contributed by atoms with Gasteiger partial charge in [0.05, 0.1) is 126 Å². The van der Waals surface area contributed by atoms with Crippen LogP contribution in [0, 0.1) is 0 Å². The van der Waals surface area contributed by atoms with Crippen molar-refractivity contribution >= 4 is 5.97 Å². The van der Waals surface area contributed by atoms with E-state index in [-0.39, 0.29) is 12.6 Å². The molecule has 258 valence electrons. The van der Waals surface area contributed by atoms with Gasteiger partial charge >= 0.3 is 5.97 Å². The second kappa shape index (κ2) is 39.1. The van der Waals surface area contributed by atoms with Crippen LogP contribution in [0.25, 0.3) is 0 Å². The second-order valence-corrected chi connectivity index (χ2v) is 9.45. The van der Waals surface area contributed by atoms with Crippen LogP contribution >= 0.6 is 0 Å². The highest BCUT2D eigenvalue weighted by Crippen LogP contribution is 2.07. The van der Waals surface area contributed by atoms with Gasteiger partial charge in [-0.3, -0.25) is 4.79 Å². The zero-order valence-electron chi connectivity index (χ0n) is 27.2. The van der Waals surface area contributed by atoms with Gasteiger partial charge in [0.2, 0.25) is 0 Å². The molecule has 0 aliphatic carbocycles. The summed E-state index contributed by atoms with van der Waals surface area (Å²) < 4.78 is 59.3. The Morgan fingerprint density at radius 1 is 0.349 bits per heavy atom. The van der Waals surface area contributed by atoms with E-state index in [4.69, 9.17) is 52.1 Å². The molecule has 43 heavy (non-hydrogen) atoms. The monoisotopic (exact) mass is 626 g/mol. The van der Waals surface area contributed by atoms with Crippen LogP contribution in [0.5, 0.6) is 0 Å². The average Bonchev–Trinajstić information content (AvgIpc) is 3.01. The average molecular weight is 627 g/mol. The summed E-state index contributed by atoms with van der Waals surface area (Å²) in [6.45, 7) is 14.9. The number of carbonyl (C=O) groups is 1. The Labute approximate surface area is 260 Å². The van der Waals surface area contributed by atoms with E-state index >= 15 is 0 Å². The first kappa shape index (κ1) is 42.1. The third kappa shape index (κ3) is 39.0. The fourth-order valence-corrected chi connectivity index (χ4v) is 3.46. The van der Waals surface area contributed by atoms with Crippen molar-refractivity contribution in [3.05, 3.63) is 0 Å². The molecule has 0 aromatic carbocycles. The third-order valence-electron chi connectivity index (χ3n) is 5.78. The van der Waals surface area contributed by atoms with E-state index in [1.165, 1.54) is 25.7 Å². The Morgan fingerprint density at radius 2 is 0.628 bits per heavy atom. The van der Waals surface area contributed by atoms with Crippen molar-refractivity contribution in [1.82, 2.24) is 0 Å². The Bertz CT molecular complexity index is 527. The van der Waals surface area contributed by atoms with Crippen molar-refractivity contribution in [2.75, 3.05) is 139 Å². The molecule has 12 nitrogen and oxygen atoms in total. The zero-order chi connectivity index (χ0) is 31.2. The highest BCUT2D eigenvalue weighted by atomic mass is 16.6. The molecule has 0 saturated carbocycles. The van der Waals surface area contributed by atoms with E-state index in [1.54, 1.807) is 0 Å². The van der Waals surface area contributed by atoms with Gasteiger partial charge in [-0.25, -0.2) is 0 Å². The number of carbonyl (C=O) groups excluding carboxylic acids is 1. The number of ether oxygens (including phenoxy) is 11. The molecule has 0 bridgehead atoms. The minimum absolute atomic E-state index is 0.142. The summed E-state index contributed by atoms with van der Waals surface area (Å²) in [5.74, 6) is -0.142. The smallest absolute Gasteiger partial charge is 0.305 e. The van der Waals surface area contributed by atoms with E-state index in [2.05, 4.69) is 6.92 Å². The number of rotatable bonds is 38. The van der Waals surface area contributed by atoms with Crippen LogP contribution < -0.4 is 0 Å². The Morgan fingerprint density at radius 3 is 0.953 bits per heavy atom. The van der Waals surface area contributed by atoms with Gasteiger partial charge in [-0.05, 0) is 13.3 Å². The maximum Gasteiger partial charge on any atom is 0.305 e. The lowest BCUT2D eigenvalue weighted by molar-refractivity contribution is -0.145. The molecule has 0 aromatic heterocycles. The lowest BCUT2D eigenvalue weighted by Crippen LogP contribution is -2.15. The van der Waals surface area contributed by atoms with Gasteiger partial charge in [-0.1, -0.05) is 39.0 Å². The summed E-state index contributed by atoms with van der Waals surface area (Å²) in [7, 11) is 0. The van der Waals surface area contributed by atoms with Crippen molar-refractivity contribution < 1.29 is 56.9 Å². The highest BCUT2D eigenvalue weighted by Gasteiger charge is 2.02. The van der Waals surface area contributed by atoms with Crippen LogP contribution in [0.15, 0.2) is 0 Å². The minimum atomic E-state index is -0.142. The molecule has 0 N–H and O–H groups in total. The fourth-order valence-electron chi connectivity index (χ4n) is 3.46. The van der Waals surface area contributed by atoms with Crippen LogP contribution in [-0.2, 0) is 56.9 Å². The minimum Gasteiger partial charge on any atom is -0.463 e. The molecule has 0 saturated heterocycles. The first-order valence-corrected chi connectivity index (χ1v) is 16.2. The second-order valence-electron chi connectivity index (χ2n) is 9.45. The van der Waals surface area contributed by atoms with Crippen LogP contribution in [0.1, 0.15) is 58.8 Å². The van der Waals surface area contributed by atoms with Crippen molar-refractivity contribution in [3.63, 3.8) is 0 Å². The quantitative estimate of drug-likeness (QED) is 0.0738. The highest BCUT2D eigenvalue weighted by molar-refractivity contribution is 5.69. The first-order chi connectivity index (χ1) is 21.3. The first-order valence-electron chi connectivity index (χ1n) is 16.2. The van der Waals surface area contributed by atoms with Crippen molar-refractivity contribution in [2.24, 2.45) is 0 Å². The number of hydrogen-bond acceptors (Lipinski definition) is 12. The van der Waals surface area contributed by atoms with E-state index in [0.717, 1.165) is 12.8 Å². The molecule has 0 fully saturated rings. The lowest BCUT2D eigenvalue weighted by atomic mass is 10.1. The number of esters is 1. The van der Waals surface area contributed by atoms with E-state index in [0.29, 0.717) is 139 Å². The normalized spacial score (nSPS) is 11.4. The predicted octanol–water partition coefficient (Wildman–Crippen LogP) is 3.47. The van der Waals surface area contributed by atoms with Crippen LogP contribution in [-0.4, -0.2) is 145 Å². The molecule has 0 radical (unpaired) electrons. The maximum absolute atomic E-state index is 11.6. The van der Waals surface area contributed by atoms with Gasteiger partial charge in [0.25, 0.3) is 0 Å². The van der Waals surface area contributed by atoms with Crippen molar-refractivity contribution in [3.8, 4) is 0 Å². The Hall–Kier alpha value is -0.930. The molecule has 0 spiro atoms. The molecular formula is C31H62O12. The van der Waals surface area contributed by atoms with Gasteiger partial charge < -0.3 is 52.1 Å². The van der Waals surface area contributed by atoms with Crippen LogP contribution in [0.4, 0.5) is 0 Å². The molecule has 0 aliphatic heterocycles. The lowest BCUT2D eigenvalue weighted by Gasteiger charge is -2.09. The Kier molecular flexibility index (Phi) is 38.2. The van der Waals surface area contributed by atoms with Gasteiger partial charge in [0, 0.05) is 13.0 Å². The molecule has 0 aliphatic rings. The molecule has 12 heteroatoms. The number of hydrogen-bond donors (Lipinski definition) is 0. The summed E-state index contributed by atoms with van der Waals surface area (Å²) in [5.41, 5.74) is 0. The summed E-state index contributed by atoms with van der Waals surface area (Å²) in [6.07, 6.45) is 7.44. The van der Waals surface area contributed by atoms with Crippen molar-refractivity contribution in [1.29, 1.82) is 0 Å². The van der Waals surface area contributed by atoms with Gasteiger partial charge in [0.1, 0.15) is 6.61 Å². The van der Waals surface area contributed by atoms with Gasteiger partial charge in [-0.15, -0.1) is 0 Å². The molecule has 0 aromatic rings. The fraction of sp³-hybridized carbons (Fsp3) is 0.968. The Balaban J connectivity index is 3.09. The topological polar surface area (TPSA) is 119 Å². The van der Waals surface area contributed by atoms with Gasteiger partial charge in [-0.2, -0.15) is 0 Å². The van der Waals surface area contributed by atoms with Gasteiger partial charge in [0.15, 0.2) is 0 Å². The van der Waals surface area contributed by atoms with Crippen LogP contribution in [0.3, 0.4) is 0 Å². The SMILES string of the molecule is CCCCCCCCC(=O)OCCOCCOCCOCCOCCOCCOCCOCCOCCOCCOCC. The standard InChI is InChI=1S/C31H62O12/c1-3-5-6-7-8-9-10-31(32)43-30-29-42-28-27-41-26-25-40-24-23-39-22-21-38-20-19-37-18-17-36-16-15-35-14-13-34-12-11-33-4-2/h3-30H2,1-2H3. The predicted molar refractivity (Wildman–Crippen MR) is 163 cm³/mol. The van der Waals surface area contributed by atoms with Crippen molar-refractivity contribution in [2.45, 2.75) is 58.8 Å². The molecular weight excluding hydrogens is 564 g/mol. The summed E-state index contributed by atoms with van der Waals surface area (Å²) >= 11 is 0. The third-order valence-corrected chi connectivity index (χ3v) is 5.78. The largest absolute Gasteiger partial charge is 0.463 e. The van der Waals surface area contributed by atoms with E-state index < -0.39 is 0 Å².